The third-order valence-corrected chi connectivity index (χ3v) is 4.84. The van der Waals surface area contributed by atoms with E-state index in [1.807, 2.05) is 32.9 Å². The highest BCUT2D eigenvalue weighted by Crippen LogP contribution is 2.33. The van der Waals surface area contributed by atoms with Gasteiger partial charge in [0.05, 0.1) is 6.54 Å². The first kappa shape index (κ1) is 20.3. The van der Waals surface area contributed by atoms with Gasteiger partial charge in [-0.15, -0.1) is 0 Å². The molecule has 1 aromatic carbocycles. The summed E-state index contributed by atoms with van der Waals surface area (Å²) < 4.78 is 5.63. The zero-order valence-electron chi connectivity index (χ0n) is 16.3. The summed E-state index contributed by atoms with van der Waals surface area (Å²) in [7, 11) is 0. The van der Waals surface area contributed by atoms with Crippen LogP contribution in [-0.4, -0.2) is 42.5 Å². The van der Waals surface area contributed by atoms with Crippen LogP contribution in [0.1, 0.15) is 64.4 Å². The topological polar surface area (TPSA) is 58.6 Å². The number of rotatable bonds is 8. The quantitative estimate of drug-likeness (QED) is 0.772. The van der Waals surface area contributed by atoms with Crippen molar-refractivity contribution in [2.75, 3.05) is 19.7 Å². The molecule has 1 aromatic rings. The van der Waals surface area contributed by atoms with Crippen molar-refractivity contribution in [1.29, 1.82) is 0 Å². The number of nitrogens with one attached hydrogen (secondary N) is 1. The summed E-state index contributed by atoms with van der Waals surface area (Å²) in [6.07, 6.45) is 6.51. The van der Waals surface area contributed by atoms with Crippen molar-refractivity contribution in [2.24, 2.45) is 0 Å². The van der Waals surface area contributed by atoms with Gasteiger partial charge < -0.3 is 15.0 Å². The molecule has 1 fully saturated rings. The Morgan fingerprint density at radius 1 is 1.15 bits per heavy atom. The van der Waals surface area contributed by atoms with Crippen LogP contribution < -0.4 is 10.1 Å². The Labute approximate surface area is 157 Å². The molecule has 0 heterocycles. The highest BCUT2D eigenvalue weighted by Gasteiger charge is 2.17. The molecule has 144 valence electrons. The fourth-order valence-electron chi connectivity index (χ4n) is 3.43. The van der Waals surface area contributed by atoms with E-state index in [0.717, 1.165) is 0 Å². The standard InChI is InChI=1S/C21H32N2O3/c1-4-23(14-20(24)22-16(2)3)21(25)15-26-19-12-10-18(11-13-19)17-8-6-5-7-9-17/h10-13,16-17H,4-9,14-15H2,1-3H3,(H,22,24). The monoisotopic (exact) mass is 360 g/mol. The van der Waals surface area contributed by atoms with Crippen molar-refractivity contribution in [2.45, 2.75) is 64.8 Å². The number of amides is 2. The van der Waals surface area contributed by atoms with Gasteiger partial charge in [0.25, 0.3) is 5.91 Å². The van der Waals surface area contributed by atoms with Crippen LogP contribution in [-0.2, 0) is 9.59 Å². The second kappa shape index (κ2) is 10.2. The number of likely N-dealkylation sites (N-methyl/N-ethyl adjacent to an activating group) is 1. The molecule has 2 rings (SSSR count). The fourth-order valence-corrected chi connectivity index (χ4v) is 3.43. The predicted octanol–water partition coefficient (Wildman–Crippen LogP) is 3.49. The summed E-state index contributed by atoms with van der Waals surface area (Å²) in [6.45, 7) is 6.16. The lowest BCUT2D eigenvalue weighted by molar-refractivity contribution is -0.137. The van der Waals surface area contributed by atoms with Gasteiger partial charge in [-0.05, 0) is 57.2 Å². The van der Waals surface area contributed by atoms with E-state index in [4.69, 9.17) is 4.74 Å². The van der Waals surface area contributed by atoms with Gasteiger partial charge in [0.1, 0.15) is 5.75 Å². The predicted molar refractivity (Wildman–Crippen MR) is 103 cm³/mol. The molecule has 1 saturated carbocycles. The molecule has 26 heavy (non-hydrogen) atoms. The van der Waals surface area contributed by atoms with Gasteiger partial charge in [0.2, 0.25) is 5.91 Å². The SMILES string of the molecule is CCN(CC(=O)NC(C)C)C(=O)COc1ccc(C2CCCCC2)cc1. The first-order chi connectivity index (χ1) is 12.5. The van der Waals surface area contributed by atoms with Crippen LogP contribution >= 0.6 is 0 Å². The first-order valence-electron chi connectivity index (χ1n) is 9.79. The molecule has 0 aromatic heterocycles. The van der Waals surface area contributed by atoms with E-state index < -0.39 is 0 Å². The summed E-state index contributed by atoms with van der Waals surface area (Å²) in [5.41, 5.74) is 1.36. The highest BCUT2D eigenvalue weighted by atomic mass is 16.5. The maximum absolute atomic E-state index is 12.3. The van der Waals surface area contributed by atoms with Gasteiger partial charge in [-0.2, -0.15) is 0 Å². The maximum atomic E-state index is 12.3. The average Bonchev–Trinajstić information content (AvgIpc) is 2.64. The minimum atomic E-state index is -0.178. The Balaban J connectivity index is 1.82. The lowest BCUT2D eigenvalue weighted by Crippen LogP contribution is -2.44. The van der Waals surface area contributed by atoms with E-state index >= 15 is 0 Å². The van der Waals surface area contributed by atoms with Gasteiger partial charge in [0.15, 0.2) is 6.61 Å². The van der Waals surface area contributed by atoms with Gasteiger partial charge in [-0.25, -0.2) is 0 Å². The third-order valence-electron chi connectivity index (χ3n) is 4.84. The normalized spacial score (nSPS) is 14.9. The molecule has 0 spiro atoms. The summed E-state index contributed by atoms with van der Waals surface area (Å²) in [5.74, 6) is 1.03. The molecule has 0 atom stereocenters. The molecule has 1 N–H and O–H groups in total. The zero-order valence-corrected chi connectivity index (χ0v) is 16.3. The molecule has 0 aliphatic heterocycles. The van der Waals surface area contributed by atoms with Crippen LogP contribution in [0.15, 0.2) is 24.3 Å². The Morgan fingerprint density at radius 2 is 1.81 bits per heavy atom. The van der Waals surface area contributed by atoms with Crippen LogP contribution in [0.4, 0.5) is 0 Å². The minimum absolute atomic E-state index is 0.0500. The number of hydrogen-bond donors (Lipinski definition) is 1. The number of ether oxygens (including phenoxy) is 1. The van der Waals surface area contributed by atoms with Crippen LogP contribution in [0.25, 0.3) is 0 Å². The lowest BCUT2D eigenvalue weighted by Gasteiger charge is -2.22. The van der Waals surface area contributed by atoms with Crippen LogP contribution in [0, 0.1) is 0 Å². The molecular weight excluding hydrogens is 328 g/mol. The number of benzene rings is 1. The minimum Gasteiger partial charge on any atom is -0.484 e. The van der Waals surface area contributed by atoms with Crippen molar-refractivity contribution in [3.63, 3.8) is 0 Å². The van der Waals surface area contributed by atoms with Gasteiger partial charge in [-0.3, -0.25) is 9.59 Å². The van der Waals surface area contributed by atoms with E-state index in [0.29, 0.717) is 18.2 Å². The highest BCUT2D eigenvalue weighted by molar-refractivity contribution is 5.85. The van der Waals surface area contributed by atoms with Crippen LogP contribution in [0.3, 0.4) is 0 Å². The van der Waals surface area contributed by atoms with Crippen molar-refractivity contribution in [1.82, 2.24) is 10.2 Å². The molecular formula is C21H32N2O3. The molecule has 1 aliphatic rings. The molecule has 5 nitrogen and oxygen atoms in total. The van der Waals surface area contributed by atoms with E-state index in [9.17, 15) is 9.59 Å². The summed E-state index contributed by atoms with van der Waals surface area (Å²) in [4.78, 5) is 25.7. The summed E-state index contributed by atoms with van der Waals surface area (Å²) in [6, 6.07) is 8.18. The molecule has 0 saturated heterocycles. The smallest absolute Gasteiger partial charge is 0.260 e. The number of hydrogen-bond acceptors (Lipinski definition) is 3. The fraction of sp³-hybridized carbons (Fsp3) is 0.619. The van der Waals surface area contributed by atoms with Crippen molar-refractivity contribution in [3.05, 3.63) is 29.8 Å². The van der Waals surface area contributed by atoms with Gasteiger partial charge in [0, 0.05) is 12.6 Å². The van der Waals surface area contributed by atoms with E-state index in [1.165, 1.54) is 42.6 Å². The summed E-state index contributed by atoms with van der Waals surface area (Å²) in [5, 5.41) is 2.80. The Morgan fingerprint density at radius 3 is 2.38 bits per heavy atom. The second-order valence-corrected chi connectivity index (χ2v) is 7.32. The van der Waals surface area contributed by atoms with E-state index in [2.05, 4.69) is 17.4 Å². The lowest BCUT2D eigenvalue weighted by atomic mass is 9.84. The number of nitrogens with zero attached hydrogens (tertiary/aromatic N) is 1. The molecule has 0 bridgehead atoms. The molecule has 0 unspecified atom stereocenters. The summed E-state index contributed by atoms with van der Waals surface area (Å²) >= 11 is 0. The maximum Gasteiger partial charge on any atom is 0.260 e. The van der Waals surface area contributed by atoms with Gasteiger partial charge in [-0.1, -0.05) is 31.4 Å². The van der Waals surface area contributed by atoms with E-state index in [-0.39, 0.29) is 31.0 Å². The average molecular weight is 360 g/mol. The third kappa shape index (κ3) is 6.36. The number of carbonyl (C=O) groups is 2. The van der Waals surface area contributed by atoms with E-state index in [1.54, 1.807) is 0 Å². The second-order valence-electron chi connectivity index (χ2n) is 7.32. The Hall–Kier alpha value is -2.04. The Bertz CT molecular complexity index is 577. The Kier molecular flexibility index (Phi) is 7.95. The number of carbonyl (C=O) groups excluding carboxylic acids is 2. The van der Waals surface area contributed by atoms with Crippen molar-refractivity contribution >= 4 is 11.8 Å². The van der Waals surface area contributed by atoms with Crippen LogP contribution in [0.5, 0.6) is 5.75 Å². The molecule has 5 heteroatoms. The van der Waals surface area contributed by atoms with Crippen molar-refractivity contribution < 1.29 is 14.3 Å². The first-order valence-corrected chi connectivity index (χ1v) is 9.79. The van der Waals surface area contributed by atoms with Crippen molar-refractivity contribution in [3.8, 4) is 5.75 Å². The molecule has 0 radical (unpaired) electrons. The molecule has 2 amide bonds. The van der Waals surface area contributed by atoms with Gasteiger partial charge >= 0.3 is 0 Å². The zero-order chi connectivity index (χ0) is 18.9. The largest absolute Gasteiger partial charge is 0.484 e. The van der Waals surface area contributed by atoms with Crippen LogP contribution in [0.2, 0.25) is 0 Å². The molecule has 1 aliphatic carbocycles.